The summed E-state index contributed by atoms with van der Waals surface area (Å²) < 4.78 is 24.2. The number of hydrogen-bond acceptors (Lipinski definition) is 3. The number of anilines is 1. The van der Waals surface area contributed by atoms with Gasteiger partial charge in [-0.05, 0) is 29.8 Å². The van der Waals surface area contributed by atoms with Gasteiger partial charge in [-0.1, -0.05) is 35.9 Å². The first-order valence-electron chi connectivity index (χ1n) is 5.31. The maximum Gasteiger partial charge on any atom is 0.182 e. The lowest BCUT2D eigenvalue weighted by Crippen LogP contribution is -2.05. The van der Waals surface area contributed by atoms with Crippen LogP contribution in [0.25, 0.3) is 0 Å². The molecule has 0 amide bonds. The van der Waals surface area contributed by atoms with Gasteiger partial charge in [0.1, 0.15) is 0 Å². The maximum atomic E-state index is 12.1. The van der Waals surface area contributed by atoms with Crippen molar-refractivity contribution < 1.29 is 8.42 Å². The lowest BCUT2D eigenvalue weighted by molar-refractivity contribution is 0.595. The summed E-state index contributed by atoms with van der Waals surface area (Å²) in [6.07, 6.45) is 0. The van der Waals surface area contributed by atoms with Gasteiger partial charge < -0.3 is 5.73 Å². The highest BCUT2D eigenvalue weighted by Crippen LogP contribution is 2.22. The highest BCUT2D eigenvalue weighted by Gasteiger charge is 2.15. The zero-order valence-corrected chi connectivity index (χ0v) is 11.1. The van der Waals surface area contributed by atoms with Crippen molar-refractivity contribution in [3.05, 3.63) is 59.1 Å². The quantitative estimate of drug-likeness (QED) is 0.880. The van der Waals surface area contributed by atoms with Gasteiger partial charge in [0.15, 0.2) is 9.84 Å². The van der Waals surface area contributed by atoms with Crippen LogP contribution in [0.5, 0.6) is 0 Å². The topological polar surface area (TPSA) is 60.2 Å². The van der Waals surface area contributed by atoms with Gasteiger partial charge in [0.05, 0.1) is 21.4 Å². The molecule has 3 nitrogen and oxygen atoms in total. The fourth-order valence-corrected chi connectivity index (χ4v) is 3.09. The molecule has 0 aliphatic carbocycles. The summed E-state index contributed by atoms with van der Waals surface area (Å²) in [7, 11) is -3.34. The Bertz CT molecular complexity index is 654. The predicted molar refractivity (Wildman–Crippen MR) is 73.2 cm³/mol. The maximum absolute atomic E-state index is 12.1. The Morgan fingerprint density at radius 1 is 1.06 bits per heavy atom. The Hall–Kier alpha value is -1.52. The van der Waals surface area contributed by atoms with Crippen molar-refractivity contribution in [2.45, 2.75) is 10.6 Å². The molecule has 0 atom stereocenters. The van der Waals surface area contributed by atoms with E-state index in [-0.39, 0.29) is 5.75 Å². The van der Waals surface area contributed by atoms with Gasteiger partial charge in [0.2, 0.25) is 0 Å². The van der Waals surface area contributed by atoms with Crippen LogP contribution in [0, 0.1) is 0 Å². The zero-order valence-electron chi connectivity index (χ0n) is 9.51. The molecule has 2 aromatic rings. The van der Waals surface area contributed by atoms with Gasteiger partial charge >= 0.3 is 0 Å². The van der Waals surface area contributed by atoms with Crippen LogP contribution in [-0.4, -0.2) is 8.42 Å². The normalized spacial score (nSPS) is 11.4. The minimum absolute atomic E-state index is 0.0849. The number of halogens is 1. The van der Waals surface area contributed by atoms with Gasteiger partial charge in [0, 0.05) is 0 Å². The van der Waals surface area contributed by atoms with Crippen molar-refractivity contribution in [2.75, 3.05) is 5.73 Å². The number of nitrogen functional groups attached to an aromatic ring is 1. The van der Waals surface area contributed by atoms with Gasteiger partial charge in [-0.2, -0.15) is 0 Å². The molecule has 2 rings (SSSR count). The standard InChI is InChI=1S/C13H12ClNO2S/c14-12-7-6-10(8-13(12)15)9-18(16,17)11-4-2-1-3-5-11/h1-8H,9,15H2. The summed E-state index contributed by atoms with van der Waals surface area (Å²) in [4.78, 5) is 0.304. The molecule has 0 fully saturated rings. The second-order valence-corrected chi connectivity index (χ2v) is 6.32. The summed E-state index contributed by atoms with van der Waals surface area (Å²) in [5.41, 5.74) is 6.66. The van der Waals surface area contributed by atoms with Crippen LogP contribution >= 0.6 is 11.6 Å². The summed E-state index contributed by atoms with van der Waals surface area (Å²) >= 11 is 5.79. The molecule has 0 saturated carbocycles. The molecule has 5 heteroatoms. The number of benzene rings is 2. The third-order valence-electron chi connectivity index (χ3n) is 2.52. The van der Waals surface area contributed by atoms with Crippen molar-refractivity contribution in [1.82, 2.24) is 0 Å². The molecule has 0 saturated heterocycles. The first-order chi connectivity index (χ1) is 8.49. The average Bonchev–Trinajstić information content (AvgIpc) is 2.35. The number of rotatable bonds is 3. The molecule has 2 aromatic carbocycles. The summed E-state index contributed by atoms with van der Waals surface area (Å²) in [5.74, 6) is -0.0849. The van der Waals surface area contributed by atoms with Crippen molar-refractivity contribution in [2.24, 2.45) is 0 Å². The number of hydrogen-bond donors (Lipinski definition) is 1. The van der Waals surface area contributed by atoms with Crippen LogP contribution in [0.3, 0.4) is 0 Å². The van der Waals surface area contributed by atoms with E-state index in [1.807, 2.05) is 0 Å². The molecular weight excluding hydrogens is 270 g/mol. The predicted octanol–water partition coefficient (Wildman–Crippen LogP) is 2.90. The Balaban J connectivity index is 2.31. The lowest BCUT2D eigenvalue weighted by atomic mass is 10.2. The van der Waals surface area contributed by atoms with E-state index in [4.69, 9.17) is 17.3 Å². The molecule has 0 bridgehead atoms. The van der Waals surface area contributed by atoms with Crippen LogP contribution in [-0.2, 0) is 15.6 Å². The fourth-order valence-electron chi connectivity index (χ4n) is 1.61. The Kier molecular flexibility index (Phi) is 3.59. The van der Waals surface area contributed by atoms with Crippen molar-refractivity contribution in [1.29, 1.82) is 0 Å². The molecule has 18 heavy (non-hydrogen) atoms. The molecular formula is C13H12ClNO2S. The van der Waals surface area contributed by atoms with E-state index in [2.05, 4.69) is 0 Å². The second kappa shape index (κ2) is 5.00. The number of nitrogens with two attached hydrogens (primary N) is 1. The monoisotopic (exact) mass is 281 g/mol. The molecule has 0 aliphatic heterocycles. The highest BCUT2D eigenvalue weighted by molar-refractivity contribution is 7.90. The fraction of sp³-hybridized carbons (Fsp3) is 0.0769. The van der Waals surface area contributed by atoms with E-state index in [1.54, 1.807) is 48.5 Å². The average molecular weight is 282 g/mol. The van der Waals surface area contributed by atoms with E-state index >= 15 is 0 Å². The molecule has 0 spiro atoms. The Morgan fingerprint density at radius 2 is 1.72 bits per heavy atom. The minimum atomic E-state index is -3.34. The van der Waals surface area contributed by atoms with E-state index in [1.165, 1.54) is 0 Å². The second-order valence-electron chi connectivity index (χ2n) is 3.93. The van der Waals surface area contributed by atoms with E-state index in [0.29, 0.717) is 21.2 Å². The summed E-state index contributed by atoms with van der Waals surface area (Å²) in [5, 5.41) is 0.427. The highest BCUT2D eigenvalue weighted by atomic mass is 35.5. The Labute approximate surface area is 111 Å². The van der Waals surface area contributed by atoms with Crippen molar-refractivity contribution >= 4 is 27.1 Å². The van der Waals surface area contributed by atoms with Gasteiger partial charge in [-0.15, -0.1) is 0 Å². The van der Waals surface area contributed by atoms with Gasteiger partial charge in [0.25, 0.3) is 0 Å². The first kappa shape index (κ1) is 12.9. The first-order valence-corrected chi connectivity index (χ1v) is 7.34. The van der Waals surface area contributed by atoms with Crippen LogP contribution < -0.4 is 5.73 Å². The molecule has 0 unspecified atom stereocenters. The molecule has 0 heterocycles. The molecule has 0 aliphatic rings. The van der Waals surface area contributed by atoms with Crippen LogP contribution in [0.2, 0.25) is 5.02 Å². The summed E-state index contributed by atoms with van der Waals surface area (Å²) in [6.45, 7) is 0. The largest absolute Gasteiger partial charge is 0.398 e. The van der Waals surface area contributed by atoms with E-state index in [9.17, 15) is 8.42 Å². The third kappa shape index (κ3) is 2.83. The van der Waals surface area contributed by atoms with Crippen molar-refractivity contribution in [3.8, 4) is 0 Å². The molecule has 0 aromatic heterocycles. The van der Waals surface area contributed by atoms with Crippen LogP contribution in [0.4, 0.5) is 5.69 Å². The SMILES string of the molecule is Nc1cc(CS(=O)(=O)c2ccccc2)ccc1Cl. The minimum Gasteiger partial charge on any atom is -0.398 e. The van der Waals surface area contributed by atoms with E-state index < -0.39 is 9.84 Å². The zero-order chi connectivity index (χ0) is 13.2. The van der Waals surface area contributed by atoms with Crippen molar-refractivity contribution in [3.63, 3.8) is 0 Å². The third-order valence-corrected chi connectivity index (χ3v) is 4.57. The number of sulfone groups is 1. The Morgan fingerprint density at radius 3 is 2.33 bits per heavy atom. The van der Waals surface area contributed by atoms with Gasteiger partial charge in [-0.25, -0.2) is 8.42 Å². The molecule has 2 N–H and O–H groups in total. The van der Waals surface area contributed by atoms with E-state index in [0.717, 1.165) is 0 Å². The van der Waals surface area contributed by atoms with Crippen LogP contribution in [0.1, 0.15) is 5.56 Å². The summed E-state index contributed by atoms with van der Waals surface area (Å²) in [6, 6.07) is 13.2. The lowest BCUT2D eigenvalue weighted by Gasteiger charge is -2.06. The smallest absolute Gasteiger partial charge is 0.182 e. The molecule has 0 radical (unpaired) electrons. The van der Waals surface area contributed by atoms with Crippen LogP contribution in [0.15, 0.2) is 53.4 Å². The molecule has 94 valence electrons. The van der Waals surface area contributed by atoms with Gasteiger partial charge in [-0.3, -0.25) is 0 Å².